The summed E-state index contributed by atoms with van der Waals surface area (Å²) in [6.45, 7) is 0.732. The van der Waals surface area contributed by atoms with Gasteiger partial charge in [0, 0.05) is 25.2 Å². The van der Waals surface area contributed by atoms with Crippen LogP contribution in [0.4, 0.5) is 5.69 Å². The van der Waals surface area contributed by atoms with Crippen molar-refractivity contribution in [2.75, 3.05) is 25.1 Å². The SMILES string of the molecule is COc1ccc(N2CC(C(=O)N3CCC[C@H]3C(=O)O)CC2=O)cc1. The number of benzene rings is 1. The Hall–Kier alpha value is -2.57. The van der Waals surface area contributed by atoms with Gasteiger partial charge in [-0.2, -0.15) is 0 Å². The molecule has 3 rings (SSSR count). The molecule has 1 aromatic carbocycles. The Morgan fingerprint density at radius 3 is 2.58 bits per heavy atom. The molecule has 0 aromatic heterocycles. The number of nitrogens with zero attached hydrogens (tertiary/aromatic N) is 2. The van der Waals surface area contributed by atoms with Crippen molar-refractivity contribution in [3.05, 3.63) is 24.3 Å². The summed E-state index contributed by atoms with van der Waals surface area (Å²) in [7, 11) is 1.57. The number of methoxy groups -OCH3 is 1. The highest BCUT2D eigenvalue weighted by Gasteiger charge is 2.42. The number of carboxylic acids is 1. The van der Waals surface area contributed by atoms with E-state index in [2.05, 4.69) is 0 Å². The van der Waals surface area contributed by atoms with E-state index in [9.17, 15) is 19.5 Å². The minimum atomic E-state index is -0.975. The molecular formula is C17H20N2O5. The summed E-state index contributed by atoms with van der Waals surface area (Å²) in [6.07, 6.45) is 1.28. The standard InChI is InChI=1S/C17H20N2O5/c1-24-13-6-4-12(5-7-13)19-10-11(9-15(19)20)16(21)18-8-2-3-14(18)17(22)23/h4-7,11,14H,2-3,8-10H2,1H3,(H,22,23)/t11?,14-/m0/s1. The van der Waals surface area contributed by atoms with Crippen LogP contribution < -0.4 is 9.64 Å². The van der Waals surface area contributed by atoms with Gasteiger partial charge in [0.05, 0.1) is 13.0 Å². The van der Waals surface area contributed by atoms with Crippen LogP contribution in [-0.2, 0) is 14.4 Å². The Balaban J connectivity index is 1.71. The highest BCUT2D eigenvalue weighted by atomic mass is 16.5. The molecule has 0 aliphatic carbocycles. The molecule has 2 heterocycles. The summed E-state index contributed by atoms with van der Waals surface area (Å²) in [5.74, 6) is -1.12. The first-order valence-corrected chi connectivity index (χ1v) is 7.99. The second-order valence-electron chi connectivity index (χ2n) is 6.13. The Morgan fingerprint density at radius 1 is 1.25 bits per heavy atom. The average molecular weight is 332 g/mol. The fourth-order valence-electron chi connectivity index (χ4n) is 3.41. The maximum Gasteiger partial charge on any atom is 0.326 e. The molecule has 0 spiro atoms. The van der Waals surface area contributed by atoms with Crippen molar-refractivity contribution in [3.8, 4) is 5.75 Å². The quantitative estimate of drug-likeness (QED) is 0.893. The van der Waals surface area contributed by atoms with Crippen molar-refractivity contribution < 1.29 is 24.2 Å². The number of carboxylic acid groups (broad SMARTS) is 1. The molecule has 2 atom stereocenters. The molecule has 2 aliphatic rings. The number of hydrogen-bond acceptors (Lipinski definition) is 4. The Morgan fingerprint density at radius 2 is 1.96 bits per heavy atom. The second kappa shape index (κ2) is 6.51. The maximum absolute atomic E-state index is 12.6. The van der Waals surface area contributed by atoms with Crippen molar-refractivity contribution in [1.82, 2.24) is 4.90 Å². The lowest BCUT2D eigenvalue weighted by atomic mass is 10.1. The Kier molecular flexibility index (Phi) is 4.42. The van der Waals surface area contributed by atoms with E-state index in [0.29, 0.717) is 30.8 Å². The van der Waals surface area contributed by atoms with Crippen molar-refractivity contribution >= 4 is 23.5 Å². The van der Waals surface area contributed by atoms with Crippen LogP contribution in [0.1, 0.15) is 19.3 Å². The minimum Gasteiger partial charge on any atom is -0.497 e. The average Bonchev–Trinajstić information content (AvgIpc) is 3.21. The normalized spacial score (nSPS) is 23.6. The Bertz CT molecular complexity index is 657. The lowest BCUT2D eigenvalue weighted by molar-refractivity contribution is -0.149. The van der Waals surface area contributed by atoms with E-state index in [1.165, 1.54) is 4.90 Å². The summed E-state index contributed by atoms with van der Waals surface area (Å²) in [5.41, 5.74) is 0.715. The van der Waals surface area contributed by atoms with Gasteiger partial charge in [0.15, 0.2) is 0 Å². The molecule has 2 amide bonds. The first-order chi connectivity index (χ1) is 11.5. The van der Waals surface area contributed by atoms with Gasteiger partial charge in [0.2, 0.25) is 11.8 Å². The van der Waals surface area contributed by atoms with Crippen LogP contribution in [-0.4, -0.2) is 54.0 Å². The zero-order chi connectivity index (χ0) is 17.3. The van der Waals surface area contributed by atoms with E-state index in [1.807, 2.05) is 0 Å². The van der Waals surface area contributed by atoms with Crippen molar-refractivity contribution in [1.29, 1.82) is 0 Å². The van der Waals surface area contributed by atoms with Crippen LogP contribution in [0.3, 0.4) is 0 Å². The topological polar surface area (TPSA) is 87.2 Å². The summed E-state index contributed by atoms with van der Waals surface area (Å²) >= 11 is 0. The molecular weight excluding hydrogens is 312 g/mol. The van der Waals surface area contributed by atoms with E-state index >= 15 is 0 Å². The number of likely N-dealkylation sites (tertiary alicyclic amines) is 1. The van der Waals surface area contributed by atoms with Crippen molar-refractivity contribution in [2.45, 2.75) is 25.3 Å². The summed E-state index contributed by atoms with van der Waals surface area (Å²) in [4.78, 5) is 39.2. The number of anilines is 1. The number of rotatable bonds is 4. The molecule has 1 aromatic rings. The lowest BCUT2D eigenvalue weighted by Crippen LogP contribution is -2.44. The smallest absolute Gasteiger partial charge is 0.326 e. The first kappa shape index (κ1) is 16.3. The van der Waals surface area contributed by atoms with Gasteiger partial charge in [-0.1, -0.05) is 0 Å². The molecule has 2 aliphatic heterocycles. The predicted molar refractivity (Wildman–Crippen MR) is 85.8 cm³/mol. The van der Waals surface area contributed by atoms with Gasteiger partial charge >= 0.3 is 5.97 Å². The third-order valence-corrected chi connectivity index (χ3v) is 4.68. The summed E-state index contributed by atoms with van der Waals surface area (Å²) in [5, 5.41) is 9.22. The molecule has 0 saturated carbocycles. The van der Waals surface area contributed by atoms with Crippen LogP contribution in [0.15, 0.2) is 24.3 Å². The van der Waals surface area contributed by atoms with Crippen LogP contribution in [0.25, 0.3) is 0 Å². The number of carbonyl (C=O) groups excluding carboxylic acids is 2. The molecule has 2 fully saturated rings. The highest BCUT2D eigenvalue weighted by Crippen LogP contribution is 2.29. The number of aliphatic carboxylic acids is 1. The Labute approximate surface area is 139 Å². The van der Waals surface area contributed by atoms with Crippen LogP contribution >= 0.6 is 0 Å². The van der Waals surface area contributed by atoms with E-state index in [4.69, 9.17) is 4.74 Å². The number of amides is 2. The molecule has 24 heavy (non-hydrogen) atoms. The van der Waals surface area contributed by atoms with Crippen LogP contribution in [0, 0.1) is 5.92 Å². The number of carbonyl (C=O) groups is 3. The molecule has 0 radical (unpaired) electrons. The molecule has 128 valence electrons. The van der Waals surface area contributed by atoms with Gasteiger partial charge in [-0.05, 0) is 37.1 Å². The lowest BCUT2D eigenvalue weighted by Gasteiger charge is -2.24. The third kappa shape index (κ3) is 2.93. The van der Waals surface area contributed by atoms with Gasteiger partial charge in [-0.3, -0.25) is 9.59 Å². The van der Waals surface area contributed by atoms with Gasteiger partial charge in [-0.25, -0.2) is 4.79 Å². The minimum absolute atomic E-state index is 0.119. The zero-order valence-electron chi connectivity index (χ0n) is 13.5. The van der Waals surface area contributed by atoms with Crippen LogP contribution in [0.2, 0.25) is 0 Å². The molecule has 1 N–H and O–H groups in total. The van der Waals surface area contributed by atoms with Crippen LogP contribution in [0.5, 0.6) is 5.75 Å². The molecule has 2 saturated heterocycles. The van der Waals surface area contributed by atoms with Gasteiger partial charge < -0.3 is 19.6 Å². The molecule has 0 bridgehead atoms. The number of hydrogen-bond donors (Lipinski definition) is 1. The predicted octanol–water partition coefficient (Wildman–Crippen LogP) is 1.12. The van der Waals surface area contributed by atoms with E-state index in [1.54, 1.807) is 36.3 Å². The maximum atomic E-state index is 12.6. The third-order valence-electron chi connectivity index (χ3n) is 4.68. The molecule has 7 heteroatoms. The van der Waals surface area contributed by atoms with Gasteiger partial charge in [0.1, 0.15) is 11.8 Å². The second-order valence-corrected chi connectivity index (χ2v) is 6.13. The van der Waals surface area contributed by atoms with Gasteiger partial charge in [0.25, 0.3) is 0 Å². The van der Waals surface area contributed by atoms with Crippen molar-refractivity contribution in [2.24, 2.45) is 5.92 Å². The van der Waals surface area contributed by atoms with E-state index < -0.39 is 17.9 Å². The zero-order valence-corrected chi connectivity index (χ0v) is 13.5. The highest BCUT2D eigenvalue weighted by molar-refractivity contribution is 6.01. The monoisotopic (exact) mass is 332 g/mol. The van der Waals surface area contributed by atoms with Gasteiger partial charge in [-0.15, -0.1) is 0 Å². The van der Waals surface area contributed by atoms with E-state index in [0.717, 1.165) is 0 Å². The summed E-state index contributed by atoms with van der Waals surface area (Å²) < 4.78 is 5.10. The van der Waals surface area contributed by atoms with Crippen molar-refractivity contribution in [3.63, 3.8) is 0 Å². The van der Waals surface area contributed by atoms with E-state index in [-0.39, 0.29) is 24.8 Å². The molecule has 7 nitrogen and oxygen atoms in total. The number of ether oxygens (including phenoxy) is 1. The largest absolute Gasteiger partial charge is 0.497 e. The molecule has 1 unspecified atom stereocenters. The summed E-state index contributed by atoms with van der Waals surface area (Å²) in [6, 6.07) is 6.32. The fraction of sp³-hybridized carbons (Fsp3) is 0.471. The first-order valence-electron chi connectivity index (χ1n) is 7.99. The fourth-order valence-corrected chi connectivity index (χ4v) is 3.41.